The quantitative estimate of drug-likeness (QED) is 0.534. The molecule has 1 atom stereocenters. The second-order valence-corrected chi connectivity index (χ2v) is 9.10. The number of carbonyl (C=O) groups excluding carboxylic acids is 1. The molecule has 182 valence electrons. The molecule has 1 aliphatic heterocycles. The van der Waals surface area contributed by atoms with Crippen molar-refractivity contribution in [3.8, 4) is 11.8 Å². The van der Waals surface area contributed by atoms with E-state index in [-0.39, 0.29) is 17.5 Å². The Morgan fingerprint density at radius 3 is 2.60 bits per heavy atom. The Balaban J connectivity index is 1.72. The van der Waals surface area contributed by atoms with Gasteiger partial charge >= 0.3 is 0 Å². The molecule has 1 fully saturated rings. The smallest absolute Gasteiger partial charge is 0.257 e. The first-order valence-corrected chi connectivity index (χ1v) is 11.9. The standard InChI is InChI=1S/C27H28ClN3O4/c1-18(32)3-6-21-13-20(16-31-9-11-35-12-10-31)14-23-25(21)30(2)17-24(26(23)33)27(34)29-15-19-4-7-22(28)8-5-19/h4-5,7-8,13-14,17-18,32H,9-12,15-16H2,1-2H3,(H,29,34)/t18-/m0/s1. The molecule has 0 saturated carbocycles. The van der Waals surface area contributed by atoms with Crippen molar-refractivity contribution in [1.29, 1.82) is 0 Å². The highest BCUT2D eigenvalue weighted by molar-refractivity contribution is 6.30. The summed E-state index contributed by atoms with van der Waals surface area (Å²) in [5.41, 5.74) is 2.78. The molecule has 8 heteroatoms. The van der Waals surface area contributed by atoms with Crippen LogP contribution in [-0.2, 0) is 24.9 Å². The number of aromatic nitrogens is 1. The topological polar surface area (TPSA) is 83.8 Å². The van der Waals surface area contributed by atoms with Crippen molar-refractivity contribution in [2.75, 3.05) is 26.3 Å². The molecule has 0 spiro atoms. The molecule has 1 saturated heterocycles. The Labute approximate surface area is 209 Å². The molecule has 2 aromatic carbocycles. The Bertz CT molecular complexity index is 1350. The van der Waals surface area contributed by atoms with Crippen LogP contribution in [-0.4, -0.2) is 52.9 Å². The monoisotopic (exact) mass is 493 g/mol. The molecule has 0 radical (unpaired) electrons. The SMILES string of the molecule is C[C@H](O)C#Cc1cc(CN2CCOCC2)cc2c(=O)c(C(=O)NCc3ccc(Cl)cc3)cn(C)c12. The lowest BCUT2D eigenvalue weighted by Gasteiger charge is -2.26. The van der Waals surface area contributed by atoms with Crippen molar-refractivity contribution in [3.63, 3.8) is 0 Å². The van der Waals surface area contributed by atoms with E-state index in [1.54, 1.807) is 30.7 Å². The summed E-state index contributed by atoms with van der Waals surface area (Å²) in [5, 5.41) is 13.6. The number of benzene rings is 2. The van der Waals surface area contributed by atoms with Crippen LogP contribution in [0.25, 0.3) is 10.9 Å². The van der Waals surface area contributed by atoms with Crippen molar-refractivity contribution in [3.05, 3.63) is 80.1 Å². The average molecular weight is 494 g/mol. The molecular weight excluding hydrogens is 466 g/mol. The van der Waals surface area contributed by atoms with Gasteiger partial charge in [-0.05, 0) is 42.3 Å². The number of aliphatic hydroxyl groups excluding tert-OH is 1. The van der Waals surface area contributed by atoms with Crippen LogP contribution in [0.4, 0.5) is 0 Å². The number of hydrogen-bond acceptors (Lipinski definition) is 5. The fourth-order valence-electron chi connectivity index (χ4n) is 4.14. The Morgan fingerprint density at radius 1 is 1.20 bits per heavy atom. The van der Waals surface area contributed by atoms with Gasteiger partial charge in [0.15, 0.2) is 0 Å². The maximum Gasteiger partial charge on any atom is 0.257 e. The molecular formula is C27H28ClN3O4. The van der Waals surface area contributed by atoms with Gasteiger partial charge in [0.25, 0.3) is 5.91 Å². The summed E-state index contributed by atoms with van der Waals surface area (Å²) < 4.78 is 7.19. The lowest BCUT2D eigenvalue weighted by atomic mass is 10.0. The van der Waals surface area contributed by atoms with Crippen LogP contribution in [0.1, 0.15) is 34.0 Å². The number of pyridine rings is 1. The zero-order chi connectivity index (χ0) is 24.9. The second-order valence-electron chi connectivity index (χ2n) is 8.67. The predicted molar refractivity (Wildman–Crippen MR) is 136 cm³/mol. The van der Waals surface area contributed by atoms with Gasteiger partial charge in [-0.3, -0.25) is 14.5 Å². The fourth-order valence-corrected chi connectivity index (χ4v) is 4.26. The first-order chi connectivity index (χ1) is 16.8. The van der Waals surface area contributed by atoms with Gasteiger partial charge < -0.3 is 19.7 Å². The van der Waals surface area contributed by atoms with Gasteiger partial charge in [0.2, 0.25) is 5.43 Å². The van der Waals surface area contributed by atoms with Crippen molar-refractivity contribution >= 4 is 28.4 Å². The van der Waals surface area contributed by atoms with Gasteiger partial charge in [-0.25, -0.2) is 0 Å². The largest absolute Gasteiger partial charge is 0.381 e. The zero-order valence-corrected chi connectivity index (χ0v) is 20.6. The van der Waals surface area contributed by atoms with Crippen molar-refractivity contribution < 1.29 is 14.6 Å². The molecule has 1 amide bonds. The van der Waals surface area contributed by atoms with Gasteiger partial charge in [0, 0.05) is 55.4 Å². The summed E-state index contributed by atoms with van der Waals surface area (Å²) >= 11 is 5.93. The minimum absolute atomic E-state index is 0.0620. The van der Waals surface area contributed by atoms with Crippen LogP contribution in [0, 0.1) is 11.8 Å². The zero-order valence-electron chi connectivity index (χ0n) is 19.8. The molecule has 0 unspecified atom stereocenters. The minimum atomic E-state index is -0.803. The number of hydrogen-bond donors (Lipinski definition) is 2. The number of fused-ring (bicyclic) bond motifs is 1. The summed E-state index contributed by atoms with van der Waals surface area (Å²) in [5.74, 6) is 5.35. The highest BCUT2D eigenvalue weighted by Gasteiger charge is 2.18. The molecule has 3 aromatic rings. The lowest BCUT2D eigenvalue weighted by molar-refractivity contribution is 0.0342. The highest BCUT2D eigenvalue weighted by Crippen LogP contribution is 2.21. The van der Waals surface area contributed by atoms with E-state index in [1.807, 2.05) is 24.3 Å². The number of rotatable bonds is 5. The van der Waals surface area contributed by atoms with Gasteiger partial charge in [0.05, 0.1) is 18.7 Å². The Morgan fingerprint density at radius 2 is 1.91 bits per heavy atom. The molecule has 2 N–H and O–H groups in total. The van der Waals surface area contributed by atoms with E-state index in [2.05, 4.69) is 22.1 Å². The number of carbonyl (C=O) groups is 1. The first kappa shape index (κ1) is 25.0. The van der Waals surface area contributed by atoms with E-state index < -0.39 is 12.0 Å². The number of nitrogens with one attached hydrogen (secondary N) is 1. The first-order valence-electron chi connectivity index (χ1n) is 11.5. The second kappa shape index (κ2) is 11.1. The lowest BCUT2D eigenvalue weighted by Crippen LogP contribution is -2.35. The van der Waals surface area contributed by atoms with Crippen LogP contribution < -0.4 is 10.7 Å². The third-order valence-electron chi connectivity index (χ3n) is 5.87. The van der Waals surface area contributed by atoms with E-state index in [4.69, 9.17) is 16.3 Å². The molecule has 0 bridgehead atoms. The van der Waals surface area contributed by atoms with Gasteiger partial charge in [-0.2, -0.15) is 0 Å². The number of ether oxygens (including phenoxy) is 1. The number of amides is 1. The van der Waals surface area contributed by atoms with Gasteiger partial charge in [0.1, 0.15) is 11.7 Å². The van der Waals surface area contributed by atoms with E-state index in [9.17, 15) is 14.7 Å². The molecule has 35 heavy (non-hydrogen) atoms. The van der Waals surface area contributed by atoms with Crippen LogP contribution in [0.15, 0.2) is 47.4 Å². The number of aryl methyl sites for hydroxylation is 1. The minimum Gasteiger partial charge on any atom is -0.381 e. The van der Waals surface area contributed by atoms with Crippen LogP contribution in [0.2, 0.25) is 5.02 Å². The Hall–Kier alpha value is -3.15. The summed E-state index contributed by atoms with van der Waals surface area (Å²) in [6, 6.07) is 11.0. The summed E-state index contributed by atoms with van der Waals surface area (Å²) in [4.78, 5) is 28.7. The molecule has 4 rings (SSSR count). The van der Waals surface area contributed by atoms with Gasteiger partial charge in [-0.1, -0.05) is 35.6 Å². The van der Waals surface area contributed by atoms with Crippen molar-refractivity contribution in [1.82, 2.24) is 14.8 Å². The number of aliphatic hydroxyl groups is 1. The summed E-state index contributed by atoms with van der Waals surface area (Å²) in [6.07, 6.45) is 0.736. The molecule has 2 heterocycles. The number of morpholine rings is 1. The average Bonchev–Trinajstić information content (AvgIpc) is 2.84. The van der Waals surface area contributed by atoms with Crippen LogP contribution in [0.3, 0.4) is 0 Å². The Kier molecular flexibility index (Phi) is 7.89. The van der Waals surface area contributed by atoms with Crippen LogP contribution >= 0.6 is 11.6 Å². The number of nitrogens with zero attached hydrogens (tertiary/aromatic N) is 2. The third kappa shape index (κ3) is 6.11. The molecule has 7 nitrogen and oxygen atoms in total. The fraction of sp³-hybridized carbons (Fsp3) is 0.333. The summed E-state index contributed by atoms with van der Waals surface area (Å²) in [7, 11) is 1.78. The van der Waals surface area contributed by atoms with Crippen molar-refractivity contribution in [2.45, 2.75) is 26.1 Å². The van der Waals surface area contributed by atoms with Gasteiger partial charge in [-0.15, -0.1) is 0 Å². The number of halogens is 1. The third-order valence-corrected chi connectivity index (χ3v) is 6.12. The molecule has 1 aliphatic rings. The maximum atomic E-state index is 13.5. The predicted octanol–water partition coefficient (Wildman–Crippen LogP) is 2.69. The maximum absolute atomic E-state index is 13.5. The van der Waals surface area contributed by atoms with E-state index in [0.29, 0.717) is 41.2 Å². The highest BCUT2D eigenvalue weighted by atomic mass is 35.5. The van der Waals surface area contributed by atoms with E-state index in [1.165, 1.54) is 6.20 Å². The summed E-state index contributed by atoms with van der Waals surface area (Å²) in [6.45, 7) is 5.45. The molecule has 1 aromatic heterocycles. The van der Waals surface area contributed by atoms with Crippen molar-refractivity contribution in [2.24, 2.45) is 7.05 Å². The van der Waals surface area contributed by atoms with E-state index >= 15 is 0 Å². The normalized spacial score (nSPS) is 14.9. The van der Waals surface area contributed by atoms with E-state index in [0.717, 1.165) is 24.2 Å². The van der Waals surface area contributed by atoms with Crippen LogP contribution in [0.5, 0.6) is 0 Å². The molecule has 0 aliphatic carbocycles.